The first-order chi connectivity index (χ1) is 13.5. The molecule has 0 radical (unpaired) electrons. The number of hydrogen-bond acceptors (Lipinski definition) is 7. The first kappa shape index (κ1) is 19.1. The Labute approximate surface area is 169 Å². The van der Waals surface area contributed by atoms with E-state index in [-0.39, 0.29) is 11.9 Å². The summed E-state index contributed by atoms with van der Waals surface area (Å²) < 4.78 is 5.46. The van der Waals surface area contributed by atoms with Gasteiger partial charge < -0.3 is 19.9 Å². The van der Waals surface area contributed by atoms with E-state index in [2.05, 4.69) is 24.1 Å². The Hall–Kier alpha value is -2.19. The van der Waals surface area contributed by atoms with Gasteiger partial charge in [0.1, 0.15) is 5.82 Å². The van der Waals surface area contributed by atoms with Gasteiger partial charge in [-0.2, -0.15) is 4.98 Å². The Balaban J connectivity index is 1.64. The van der Waals surface area contributed by atoms with Crippen molar-refractivity contribution in [3.05, 3.63) is 33.1 Å². The number of hydrogen-bond donors (Lipinski definition) is 1. The smallest absolute Gasteiger partial charge is 0.264 e. The summed E-state index contributed by atoms with van der Waals surface area (Å²) in [6.45, 7) is 10.4. The second-order valence-electron chi connectivity index (χ2n) is 7.61. The molecule has 4 heterocycles. The van der Waals surface area contributed by atoms with E-state index >= 15 is 0 Å². The maximum absolute atomic E-state index is 13.0. The highest BCUT2D eigenvalue weighted by molar-refractivity contribution is 7.12. The molecular formula is C20H27N5O2S. The van der Waals surface area contributed by atoms with Crippen LogP contribution >= 0.6 is 11.3 Å². The maximum atomic E-state index is 13.0. The van der Waals surface area contributed by atoms with Crippen molar-refractivity contribution in [2.24, 2.45) is 0 Å². The first-order valence-corrected chi connectivity index (χ1v) is 10.7. The number of amides is 1. The van der Waals surface area contributed by atoms with Crippen LogP contribution < -0.4 is 10.2 Å². The number of rotatable bonds is 4. The number of ether oxygens (including phenoxy) is 1. The second-order valence-corrected chi connectivity index (χ2v) is 8.52. The predicted octanol–water partition coefficient (Wildman–Crippen LogP) is 2.70. The summed E-state index contributed by atoms with van der Waals surface area (Å²) in [6, 6.07) is 2.25. The van der Waals surface area contributed by atoms with Crippen LogP contribution in [0.5, 0.6) is 0 Å². The Morgan fingerprint density at radius 2 is 2.04 bits per heavy atom. The molecule has 7 nitrogen and oxygen atoms in total. The molecule has 2 aromatic heterocycles. The summed E-state index contributed by atoms with van der Waals surface area (Å²) in [7, 11) is 0. The summed E-state index contributed by atoms with van der Waals surface area (Å²) in [6.07, 6.45) is 0.748. The van der Waals surface area contributed by atoms with Gasteiger partial charge in [-0.15, -0.1) is 11.3 Å². The maximum Gasteiger partial charge on any atom is 0.264 e. The van der Waals surface area contributed by atoms with Crippen LogP contribution in [-0.2, 0) is 17.7 Å². The Morgan fingerprint density at radius 3 is 2.71 bits per heavy atom. The highest BCUT2D eigenvalue weighted by Gasteiger charge is 2.28. The molecule has 0 aliphatic carbocycles. The van der Waals surface area contributed by atoms with E-state index in [1.165, 1.54) is 11.3 Å². The number of aryl methyl sites for hydroxylation is 1. The van der Waals surface area contributed by atoms with Crippen molar-refractivity contribution >= 4 is 29.0 Å². The minimum atomic E-state index is 0.103. The molecular weight excluding hydrogens is 374 g/mol. The molecule has 2 aliphatic heterocycles. The molecule has 8 heteroatoms. The van der Waals surface area contributed by atoms with Crippen molar-refractivity contribution in [1.29, 1.82) is 0 Å². The van der Waals surface area contributed by atoms with Gasteiger partial charge >= 0.3 is 0 Å². The van der Waals surface area contributed by atoms with E-state index in [4.69, 9.17) is 14.7 Å². The minimum absolute atomic E-state index is 0.103. The molecule has 150 valence electrons. The van der Waals surface area contributed by atoms with E-state index in [0.717, 1.165) is 53.0 Å². The largest absolute Gasteiger partial charge is 0.378 e. The number of nitrogens with one attached hydrogen (secondary N) is 1. The van der Waals surface area contributed by atoms with Crippen molar-refractivity contribution in [2.75, 3.05) is 43.1 Å². The molecule has 28 heavy (non-hydrogen) atoms. The second kappa shape index (κ2) is 8.05. The van der Waals surface area contributed by atoms with Crippen molar-refractivity contribution in [3.8, 4) is 0 Å². The van der Waals surface area contributed by atoms with Gasteiger partial charge in [0.15, 0.2) is 0 Å². The van der Waals surface area contributed by atoms with Crippen LogP contribution in [0.2, 0.25) is 0 Å². The number of morpholine rings is 1. The molecule has 2 aliphatic rings. The molecule has 0 aromatic carbocycles. The lowest BCUT2D eigenvalue weighted by Gasteiger charge is -2.32. The highest BCUT2D eigenvalue weighted by Crippen LogP contribution is 2.29. The third-order valence-electron chi connectivity index (χ3n) is 5.11. The molecule has 1 fully saturated rings. The lowest BCUT2D eigenvalue weighted by Crippen LogP contribution is -2.40. The van der Waals surface area contributed by atoms with Gasteiger partial charge in [-0.1, -0.05) is 0 Å². The third kappa shape index (κ3) is 3.84. The summed E-state index contributed by atoms with van der Waals surface area (Å²) in [5, 5.41) is 5.45. The monoisotopic (exact) mass is 401 g/mol. The Kier molecular flexibility index (Phi) is 5.50. The van der Waals surface area contributed by atoms with Gasteiger partial charge in [-0.05, 0) is 37.8 Å². The van der Waals surface area contributed by atoms with Crippen molar-refractivity contribution in [3.63, 3.8) is 0 Å². The van der Waals surface area contributed by atoms with E-state index in [9.17, 15) is 4.79 Å². The van der Waals surface area contributed by atoms with E-state index in [1.54, 1.807) is 0 Å². The number of nitrogens with zero attached hydrogens (tertiary/aromatic N) is 4. The van der Waals surface area contributed by atoms with Crippen LogP contribution in [0.25, 0.3) is 0 Å². The summed E-state index contributed by atoms with van der Waals surface area (Å²) in [5.74, 6) is 1.71. The number of anilines is 2. The summed E-state index contributed by atoms with van der Waals surface area (Å²) >= 11 is 1.51. The highest BCUT2D eigenvalue weighted by atomic mass is 32.1. The molecule has 0 bridgehead atoms. The topological polar surface area (TPSA) is 70.6 Å². The van der Waals surface area contributed by atoms with Crippen LogP contribution in [0.1, 0.15) is 40.3 Å². The number of thiophene rings is 1. The number of carbonyl (C=O) groups excluding carboxylic acids is 1. The molecule has 2 aromatic rings. The predicted molar refractivity (Wildman–Crippen MR) is 111 cm³/mol. The normalized spacial score (nSPS) is 17.0. The lowest BCUT2D eigenvalue weighted by molar-refractivity contribution is 0.0738. The quantitative estimate of drug-likeness (QED) is 0.849. The SMILES string of the molecule is Cc1ccsc1C(=O)N1CCc2nc(N3CCOCC3)nc(NC(C)C)c2C1. The van der Waals surface area contributed by atoms with Crippen molar-refractivity contribution < 1.29 is 9.53 Å². The van der Waals surface area contributed by atoms with Gasteiger partial charge in [-0.25, -0.2) is 4.98 Å². The number of fused-ring (bicyclic) bond motifs is 1. The van der Waals surface area contributed by atoms with E-state index < -0.39 is 0 Å². The van der Waals surface area contributed by atoms with Crippen LogP contribution in [0.15, 0.2) is 11.4 Å². The number of carbonyl (C=O) groups is 1. The zero-order valence-corrected chi connectivity index (χ0v) is 17.5. The molecule has 1 saturated heterocycles. The van der Waals surface area contributed by atoms with Gasteiger partial charge in [0.05, 0.1) is 30.3 Å². The fraction of sp³-hybridized carbons (Fsp3) is 0.550. The van der Waals surface area contributed by atoms with Crippen LogP contribution in [0, 0.1) is 6.92 Å². The van der Waals surface area contributed by atoms with E-state index in [0.29, 0.717) is 26.3 Å². The molecule has 0 spiro atoms. The minimum Gasteiger partial charge on any atom is -0.378 e. The standard InChI is InChI=1S/C20H27N5O2S/c1-13(2)21-18-15-12-25(19(26)17-14(3)5-11-28-17)6-4-16(15)22-20(23-18)24-7-9-27-10-8-24/h5,11,13H,4,6-10,12H2,1-3H3,(H,21,22,23). The Bertz CT molecular complexity index is 860. The molecule has 0 saturated carbocycles. The zero-order valence-electron chi connectivity index (χ0n) is 16.7. The molecule has 4 rings (SSSR count). The fourth-order valence-electron chi connectivity index (χ4n) is 3.61. The van der Waals surface area contributed by atoms with Gasteiger partial charge in [0.2, 0.25) is 5.95 Å². The lowest BCUT2D eigenvalue weighted by atomic mass is 10.1. The van der Waals surface area contributed by atoms with Crippen LogP contribution in [-0.4, -0.2) is 59.7 Å². The first-order valence-electron chi connectivity index (χ1n) is 9.85. The van der Waals surface area contributed by atoms with Crippen molar-refractivity contribution in [2.45, 2.75) is 39.8 Å². The summed E-state index contributed by atoms with van der Waals surface area (Å²) in [4.78, 5) is 27.6. The molecule has 1 N–H and O–H groups in total. The van der Waals surface area contributed by atoms with Crippen LogP contribution in [0.3, 0.4) is 0 Å². The average molecular weight is 402 g/mol. The summed E-state index contributed by atoms with van der Waals surface area (Å²) in [5.41, 5.74) is 3.13. The van der Waals surface area contributed by atoms with Gasteiger partial charge in [-0.3, -0.25) is 4.79 Å². The van der Waals surface area contributed by atoms with Gasteiger partial charge in [0.25, 0.3) is 5.91 Å². The van der Waals surface area contributed by atoms with Crippen LogP contribution in [0.4, 0.5) is 11.8 Å². The van der Waals surface area contributed by atoms with Crippen molar-refractivity contribution in [1.82, 2.24) is 14.9 Å². The molecule has 0 atom stereocenters. The fourth-order valence-corrected chi connectivity index (χ4v) is 4.50. The average Bonchev–Trinajstić information content (AvgIpc) is 3.13. The number of aromatic nitrogens is 2. The van der Waals surface area contributed by atoms with E-state index in [1.807, 2.05) is 23.3 Å². The van der Waals surface area contributed by atoms with Gasteiger partial charge in [0, 0.05) is 37.7 Å². The Morgan fingerprint density at radius 1 is 1.25 bits per heavy atom. The molecule has 1 amide bonds. The zero-order chi connectivity index (χ0) is 19.7. The third-order valence-corrected chi connectivity index (χ3v) is 6.12. The molecule has 0 unspecified atom stereocenters.